The lowest BCUT2D eigenvalue weighted by molar-refractivity contribution is 0.0461. The number of nitrogens with zero attached hydrogens (tertiary/aromatic N) is 1. The Morgan fingerprint density at radius 3 is 2.61 bits per heavy atom. The molecule has 2 aromatic rings. The van der Waals surface area contributed by atoms with Gasteiger partial charge in [0.2, 0.25) is 0 Å². The van der Waals surface area contributed by atoms with E-state index in [9.17, 15) is 4.79 Å². The Kier molecular flexibility index (Phi) is 3.72. The predicted molar refractivity (Wildman–Crippen MR) is 70.7 cm³/mol. The lowest BCUT2D eigenvalue weighted by Crippen LogP contribution is -2.10. The highest BCUT2D eigenvalue weighted by Crippen LogP contribution is 2.16. The van der Waals surface area contributed by atoms with Gasteiger partial charge in [-0.25, -0.2) is 4.79 Å². The molecule has 2 rings (SSSR count). The summed E-state index contributed by atoms with van der Waals surface area (Å²) in [6, 6.07) is 11.0. The number of hydrogen-bond acceptors (Lipinski definition) is 2. The third-order valence-corrected chi connectivity index (χ3v) is 3.27. The van der Waals surface area contributed by atoms with E-state index in [1.54, 1.807) is 16.7 Å². The maximum absolute atomic E-state index is 11.9. The number of aromatic nitrogens is 1. The Morgan fingerprint density at radius 2 is 2.00 bits per heavy atom. The SMILES string of the molecule is Cc1ccc(C(=O)OCc2ccccc2Cl)n1C. The van der Waals surface area contributed by atoms with Crippen molar-refractivity contribution in [1.82, 2.24) is 4.57 Å². The van der Waals surface area contributed by atoms with E-state index < -0.39 is 0 Å². The fraction of sp³-hybridized carbons (Fsp3) is 0.214. The van der Waals surface area contributed by atoms with Crippen LogP contribution in [0.25, 0.3) is 0 Å². The molecule has 18 heavy (non-hydrogen) atoms. The Hall–Kier alpha value is -1.74. The summed E-state index contributed by atoms with van der Waals surface area (Å²) < 4.78 is 7.05. The van der Waals surface area contributed by atoms with Gasteiger partial charge in [0.15, 0.2) is 0 Å². The largest absolute Gasteiger partial charge is 0.456 e. The maximum Gasteiger partial charge on any atom is 0.355 e. The Labute approximate surface area is 111 Å². The van der Waals surface area contributed by atoms with Crippen LogP contribution in [0.4, 0.5) is 0 Å². The zero-order valence-electron chi connectivity index (χ0n) is 10.3. The van der Waals surface area contributed by atoms with Gasteiger partial charge in [0, 0.05) is 23.3 Å². The Morgan fingerprint density at radius 1 is 1.28 bits per heavy atom. The topological polar surface area (TPSA) is 31.2 Å². The van der Waals surface area contributed by atoms with Crippen LogP contribution in [-0.2, 0) is 18.4 Å². The first-order chi connectivity index (χ1) is 8.59. The second-order valence-corrected chi connectivity index (χ2v) is 4.49. The van der Waals surface area contributed by atoms with Gasteiger partial charge in [0.05, 0.1) is 0 Å². The van der Waals surface area contributed by atoms with Crippen molar-refractivity contribution >= 4 is 17.6 Å². The number of esters is 1. The fourth-order valence-corrected chi connectivity index (χ4v) is 1.84. The molecule has 1 aromatic heterocycles. The van der Waals surface area contributed by atoms with Crippen molar-refractivity contribution in [2.45, 2.75) is 13.5 Å². The van der Waals surface area contributed by atoms with Crippen molar-refractivity contribution in [3.63, 3.8) is 0 Å². The van der Waals surface area contributed by atoms with Gasteiger partial charge in [-0.1, -0.05) is 29.8 Å². The molecule has 0 amide bonds. The van der Waals surface area contributed by atoms with Crippen molar-refractivity contribution in [3.05, 3.63) is 58.4 Å². The van der Waals surface area contributed by atoms with Crippen LogP contribution in [0, 0.1) is 6.92 Å². The molecule has 0 saturated carbocycles. The summed E-state index contributed by atoms with van der Waals surface area (Å²) in [4.78, 5) is 11.9. The molecule has 0 fully saturated rings. The molecule has 0 atom stereocenters. The highest BCUT2D eigenvalue weighted by atomic mass is 35.5. The van der Waals surface area contributed by atoms with Crippen molar-refractivity contribution in [2.24, 2.45) is 7.05 Å². The molecule has 94 valence electrons. The Bertz CT molecular complexity index is 575. The molecular formula is C14H14ClNO2. The van der Waals surface area contributed by atoms with Crippen molar-refractivity contribution in [2.75, 3.05) is 0 Å². The maximum atomic E-state index is 11.9. The zero-order valence-corrected chi connectivity index (χ0v) is 11.1. The van der Waals surface area contributed by atoms with Crippen LogP contribution in [0.1, 0.15) is 21.7 Å². The lowest BCUT2D eigenvalue weighted by Gasteiger charge is -2.07. The van der Waals surface area contributed by atoms with E-state index in [0.717, 1.165) is 11.3 Å². The molecule has 0 aliphatic heterocycles. The number of rotatable bonds is 3. The normalized spacial score (nSPS) is 10.4. The number of halogens is 1. The number of carbonyl (C=O) groups is 1. The first-order valence-corrected chi connectivity index (χ1v) is 6.00. The van der Waals surface area contributed by atoms with Gasteiger partial charge in [-0.05, 0) is 25.1 Å². The summed E-state index contributed by atoms with van der Waals surface area (Å²) in [7, 11) is 1.83. The van der Waals surface area contributed by atoms with Crippen LogP contribution in [-0.4, -0.2) is 10.5 Å². The minimum atomic E-state index is -0.342. The summed E-state index contributed by atoms with van der Waals surface area (Å²) in [5, 5.41) is 0.605. The molecule has 0 radical (unpaired) electrons. The molecule has 0 aliphatic rings. The standard InChI is InChI=1S/C14H14ClNO2/c1-10-7-8-13(16(10)2)14(17)18-9-11-5-3-4-6-12(11)15/h3-8H,9H2,1-2H3. The predicted octanol–water partition coefficient (Wildman–Crippen LogP) is 3.34. The van der Waals surface area contributed by atoms with E-state index in [1.807, 2.05) is 38.2 Å². The van der Waals surface area contributed by atoms with Crippen molar-refractivity contribution in [1.29, 1.82) is 0 Å². The number of carbonyl (C=O) groups excluding carboxylic acids is 1. The summed E-state index contributed by atoms with van der Waals surface area (Å²) in [5.74, 6) is -0.342. The van der Waals surface area contributed by atoms with Crippen LogP contribution >= 0.6 is 11.6 Å². The smallest absolute Gasteiger partial charge is 0.355 e. The lowest BCUT2D eigenvalue weighted by atomic mass is 10.2. The van der Waals surface area contributed by atoms with E-state index in [1.165, 1.54) is 0 Å². The monoisotopic (exact) mass is 263 g/mol. The van der Waals surface area contributed by atoms with Gasteiger partial charge < -0.3 is 9.30 Å². The van der Waals surface area contributed by atoms with Crippen LogP contribution in [0.2, 0.25) is 5.02 Å². The molecule has 0 unspecified atom stereocenters. The second kappa shape index (κ2) is 5.27. The van der Waals surface area contributed by atoms with E-state index in [-0.39, 0.29) is 12.6 Å². The number of hydrogen-bond donors (Lipinski definition) is 0. The van der Waals surface area contributed by atoms with Crippen LogP contribution < -0.4 is 0 Å². The molecule has 1 heterocycles. The van der Waals surface area contributed by atoms with Crippen molar-refractivity contribution < 1.29 is 9.53 Å². The van der Waals surface area contributed by atoms with Gasteiger partial charge in [-0.2, -0.15) is 0 Å². The van der Waals surface area contributed by atoms with Gasteiger partial charge in [0.25, 0.3) is 0 Å². The molecule has 0 saturated heterocycles. The second-order valence-electron chi connectivity index (χ2n) is 4.09. The van der Waals surface area contributed by atoms with Crippen LogP contribution in [0.5, 0.6) is 0 Å². The fourth-order valence-electron chi connectivity index (χ4n) is 1.65. The highest BCUT2D eigenvalue weighted by Gasteiger charge is 2.12. The molecule has 3 nitrogen and oxygen atoms in total. The minimum Gasteiger partial charge on any atom is -0.456 e. The van der Waals surface area contributed by atoms with Crippen LogP contribution in [0.15, 0.2) is 36.4 Å². The number of ether oxygens (including phenoxy) is 1. The van der Waals surface area contributed by atoms with E-state index >= 15 is 0 Å². The quantitative estimate of drug-likeness (QED) is 0.796. The Balaban J connectivity index is 2.05. The molecule has 0 spiro atoms. The molecule has 1 aromatic carbocycles. The van der Waals surface area contributed by atoms with Gasteiger partial charge >= 0.3 is 5.97 Å². The van der Waals surface area contributed by atoms with E-state index in [2.05, 4.69) is 0 Å². The third kappa shape index (κ3) is 2.57. The molecule has 0 aliphatic carbocycles. The van der Waals surface area contributed by atoms with E-state index in [0.29, 0.717) is 10.7 Å². The van der Waals surface area contributed by atoms with Gasteiger partial charge in [-0.15, -0.1) is 0 Å². The van der Waals surface area contributed by atoms with Gasteiger partial charge in [0.1, 0.15) is 12.3 Å². The number of benzene rings is 1. The first-order valence-electron chi connectivity index (χ1n) is 5.62. The van der Waals surface area contributed by atoms with Crippen molar-refractivity contribution in [3.8, 4) is 0 Å². The molecule has 0 bridgehead atoms. The summed E-state index contributed by atoms with van der Waals surface area (Å²) in [6.07, 6.45) is 0. The van der Waals surface area contributed by atoms with Gasteiger partial charge in [-0.3, -0.25) is 0 Å². The third-order valence-electron chi connectivity index (χ3n) is 2.90. The van der Waals surface area contributed by atoms with E-state index in [4.69, 9.17) is 16.3 Å². The van der Waals surface area contributed by atoms with Crippen LogP contribution in [0.3, 0.4) is 0 Å². The summed E-state index contributed by atoms with van der Waals surface area (Å²) >= 11 is 5.99. The zero-order chi connectivity index (χ0) is 13.1. The molecular weight excluding hydrogens is 250 g/mol. The average Bonchev–Trinajstić information content (AvgIpc) is 2.69. The molecule has 0 N–H and O–H groups in total. The average molecular weight is 264 g/mol. The minimum absolute atomic E-state index is 0.183. The number of aryl methyl sites for hydroxylation is 1. The summed E-state index contributed by atoms with van der Waals surface area (Å²) in [5.41, 5.74) is 2.36. The molecule has 4 heteroatoms. The summed E-state index contributed by atoms with van der Waals surface area (Å²) in [6.45, 7) is 2.12. The first kappa shape index (κ1) is 12.7. The highest BCUT2D eigenvalue weighted by molar-refractivity contribution is 6.31.